The van der Waals surface area contributed by atoms with Crippen molar-refractivity contribution in [2.24, 2.45) is 10.9 Å². The van der Waals surface area contributed by atoms with Crippen LogP contribution < -0.4 is 11.1 Å². The molecule has 0 aliphatic rings. The van der Waals surface area contributed by atoms with Gasteiger partial charge in [0.2, 0.25) is 5.91 Å². The van der Waals surface area contributed by atoms with Gasteiger partial charge in [-0.05, 0) is 6.42 Å². The van der Waals surface area contributed by atoms with E-state index in [0.29, 0.717) is 12.8 Å². The minimum atomic E-state index is -0.204. The van der Waals surface area contributed by atoms with Crippen LogP contribution in [0.4, 0.5) is 0 Å². The summed E-state index contributed by atoms with van der Waals surface area (Å²) in [6, 6.07) is -0.117. The van der Waals surface area contributed by atoms with Gasteiger partial charge < -0.3 is 21.0 Å². The molecule has 0 heterocycles. The Morgan fingerprint density at radius 3 is 2.79 bits per heavy atom. The maximum absolute atomic E-state index is 11.1. The van der Waals surface area contributed by atoms with Crippen LogP contribution in [-0.4, -0.2) is 36.7 Å². The van der Waals surface area contributed by atoms with Gasteiger partial charge in [-0.25, -0.2) is 0 Å². The van der Waals surface area contributed by atoms with Crippen LogP contribution in [0.15, 0.2) is 5.16 Å². The van der Waals surface area contributed by atoms with E-state index in [0.717, 1.165) is 0 Å². The molecule has 0 bridgehead atoms. The second-order valence-corrected chi connectivity index (χ2v) is 2.90. The zero-order chi connectivity index (χ0) is 11.0. The Morgan fingerprint density at radius 2 is 2.36 bits per heavy atom. The number of carbonyl (C=O) groups is 1. The van der Waals surface area contributed by atoms with E-state index in [1.54, 1.807) is 0 Å². The number of ether oxygens (including phenoxy) is 1. The number of nitrogens with two attached hydrogens (primary N) is 1. The molecule has 1 unspecified atom stereocenters. The molecule has 0 aromatic rings. The van der Waals surface area contributed by atoms with Crippen LogP contribution in [0.2, 0.25) is 0 Å². The molecule has 1 atom stereocenters. The van der Waals surface area contributed by atoms with Crippen molar-refractivity contribution in [1.29, 1.82) is 0 Å². The van der Waals surface area contributed by atoms with Crippen molar-refractivity contribution in [2.45, 2.75) is 25.8 Å². The standard InChI is InChI=1S/C8H17N3O3/c1-3-6(4-7(9)11-13)10-8(12)5-14-2/h6,13H,3-5H2,1-2H3,(H2,9,11)(H,10,12). The third-order valence-corrected chi connectivity index (χ3v) is 1.72. The molecule has 82 valence electrons. The lowest BCUT2D eigenvalue weighted by Crippen LogP contribution is -2.39. The number of methoxy groups -OCH3 is 1. The molecule has 0 aliphatic carbocycles. The number of hydrogen-bond acceptors (Lipinski definition) is 4. The fraction of sp³-hybridized carbons (Fsp3) is 0.750. The third kappa shape index (κ3) is 5.36. The molecular weight excluding hydrogens is 186 g/mol. The number of amidine groups is 1. The van der Waals surface area contributed by atoms with E-state index in [1.807, 2.05) is 6.92 Å². The lowest BCUT2D eigenvalue weighted by Gasteiger charge is -2.15. The number of rotatable bonds is 6. The summed E-state index contributed by atoms with van der Waals surface area (Å²) < 4.78 is 4.66. The minimum Gasteiger partial charge on any atom is -0.409 e. The van der Waals surface area contributed by atoms with Crippen LogP contribution in [-0.2, 0) is 9.53 Å². The fourth-order valence-electron chi connectivity index (χ4n) is 0.991. The van der Waals surface area contributed by atoms with E-state index in [2.05, 4.69) is 15.2 Å². The van der Waals surface area contributed by atoms with Crippen molar-refractivity contribution in [3.05, 3.63) is 0 Å². The zero-order valence-electron chi connectivity index (χ0n) is 8.49. The highest BCUT2D eigenvalue weighted by Gasteiger charge is 2.11. The molecule has 4 N–H and O–H groups in total. The van der Waals surface area contributed by atoms with Gasteiger partial charge in [0, 0.05) is 19.6 Å². The fourth-order valence-corrected chi connectivity index (χ4v) is 0.991. The Balaban J connectivity index is 3.96. The van der Waals surface area contributed by atoms with Crippen LogP contribution >= 0.6 is 0 Å². The van der Waals surface area contributed by atoms with Crippen molar-refractivity contribution in [3.63, 3.8) is 0 Å². The topological polar surface area (TPSA) is 96.9 Å². The predicted octanol–water partition coefficient (Wildman–Crippen LogP) is -0.336. The van der Waals surface area contributed by atoms with E-state index in [-0.39, 0.29) is 24.4 Å². The average Bonchev–Trinajstić information content (AvgIpc) is 2.16. The van der Waals surface area contributed by atoms with Crippen molar-refractivity contribution >= 4 is 11.7 Å². The number of nitrogens with zero attached hydrogens (tertiary/aromatic N) is 1. The van der Waals surface area contributed by atoms with Gasteiger partial charge in [0.25, 0.3) is 0 Å². The van der Waals surface area contributed by atoms with E-state index in [1.165, 1.54) is 7.11 Å². The second-order valence-electron chi connectivity index (χ2n) is 2.90. The molecule has 14 heavy (non-hydrogen) atoms. The summed E-state index contributed by atoms with van der Waals surface area (Å²) in [5.74, 6) is -0.0975. The number of hydrogen-bond donors (Lipinski definition) is 3. The monoisotopic (exact) mass is 203 g/mol. The first-order valence-corrected chi connectivity index (χ1v) is 4.38. The van der Waals surface area contributed by atoms with Gasteiger partial charge in [0.1, 0.15) is 12.4 Å². The molecule has 0 aromatic heterocycles. The average molecular weight is 203 g/mol. The normalized spacial score (nSPS) is 13.7. The first kappa shape index (κ1) is 12.7. The molecule has 0 radical (unpaired) electrons. The van der Waals surface area contributed by atoms with Gasteiger partial charge in [0.15, 0.2) is 0 Å². The summed E-state index contributed by atoms with van der Waals surface area (Å²) in [7, 11) is 1.45. The maximum Gasteiger partial charge on any atom is 0.246 e. The molecular formula is C8H17N3O3. The Hall–Kier alpha value is -1.30. The lowest BCUT2D eigenvalue weighted by atomic mass is 10.1. The maximum atomic E-state index is 11.1. The first-order chi connectivity index (χ1) is 6.63. The van der Waals surface area contributed by atoms with Crippen molar-refractivity contribution in [2.75, 3.05) is 13.7 Å². The van der Waals surface area contributed by atoms with Gasteiger partial charge in [-0.3, -0.25) is 4.79 Å². The molecule has 0 saturated carbocycles. The second kappa shape index (κ2) is 7.14. The van der Waals surface area contributed by atoms with Crippen LogP contribution in [0.25, 0.3) is 0 Å². The summed E-state index contributed by atoms with van der Waals surface area (Å²) in [5.41, 5.74) is 5.32. The Bertz CT molecular complexity index is 206. The summed E-state index contributed by atoms with van der Waals surface area (Å²) >= 11 is 0. The van der Waals surface area contributed by atoms with Crippen LogP contribution in [0.1, 0.15) is 19.8 Å². The highest BCUT2D eigenvalue weighted by Crippen LogP contribution is 1.97. The molecule has 1 amide bonds. The molecule has 0 aromatic carbocycles. The lowest BCUT2D eigenvalue weighted by molar-refractivity contribution is -0.125. The largest absolute Gasteiger partial charge is 0.409 e. The predicted molar refractivity (Wildman–Crippen MR) is 52.1 cm³/mol. The van der Waals surface area contributed by atoms with Gasteiger partial charge >= 0.3 is 0 Å². The summed E-state index contributed by atoms with van der Waals surface area (Å²) in [6.07, 6.45) is 1.05. The highest BCUT2D eigenvalue weighted by atomic mass is 16.5. The molecule has 0 spiro atoms. The molecule has 0 saturated heterocycles. The minimum absolute atomic E-state index is 0.0205. The molecule has 0 fully saturated rings. The number of nitrogens with one attached hydrogen (secondary N) is 1. The van der Waals surface area contributed by atoms with Crippen molar-refractivity contribution in [3.8, 4) is 0 Å². The number of carbonyl (C=O) groups excluding carboxylic acids is 1. The Labute approximate surface area is 83.1 Å². The Morgan fingerprint density at radius 1 is 1.71 bits per heavy atom. The van der Waals surface area contributed by atoms with Crippen LogP contribution in [0.3, 0.4) is 0 Å². The SMILES string of the molecule is CCC(C/C(N)=N/O)NC(=O)COC. The van der Waals surface area contributed by atoms with Gasteiger partial charge in [-0.2, -0.15) is 0 Å². The van der Waals surface area contributed by atoms with Gasteiger partial charge in [0.05, 0.1) is 0 Å². The van der Waals surface area contributed by atoms with E-state index in [9.17, 15) is 4.79 Å². The quantitative estimate of drug-likeness (QED) is 0.238. The third-order valence-electron chi connectivity index (χ3n) is 1.72. The summed E-state index contributed by atoms with van der Waals surface area (Å²) in [5, 5.41) is 13.9. The Kier molecular flexibility index (Phi) is 6.47. The molecule has 0 aliphatic heterocycles. The van der Waals surface area contributed by atoms with E-state index in [4.69, 9.17) is 10.9 Å². The van der Waals surface area contributed by atoms with Crippen LogP contribution in [0.5, 0.6) is 0 Å². The zero-order valence-corrected chi connectivity index (χ0v) is 8.49. The molecule has 6 nitrogen and oxygen atoms in total. The van der Waals surface area contributed by atoms with Gasteiger partial charge in [-0.15, -0.1) is 0 Å². The van der Waals surface area contributed by atoms with E-state index < -0.39 is 0 Å². The van der Waals surface area contributed by atoms with Crippen LogP contribution in [0, 0.1) is 0 Å². The molecule has 0 rings (SSSR count). The number of amides is 1. The van der Waals surface area contributed by atoms with Gasteiger partial charge in [-0.1, -0.05) is 12.1 Å². The summed E-state index contributed by atoms with van der Waals surface area (Å²) in [6.45, 7) is 1.93. The van der Waals surface area contributed by atoms with Crippen molar-refractivity contribution < 1.29 is 14.7 Å². The highest BCUT2D eigenvalue weighted by molar-refractivity contribution is 5.82. The first-order valence-electron chi connectivity index (χ1n) is 4.38. The number of oxime groups is 1. The van der Waals surface area contributed by atoms with E-state index >= 15 is 0 Å². The summed E-state index contributed by atoms with van der Waals surface area (Å²) in [4.78, 5) is 11.1. The van der Waals surface area contributed by atoms with Crippen molar-refractivity contribution in [1.82, 2.24) is 5.32 Å². The molecule has 6 heteroatoms. The smallest absolute Gasteiger partial charge is 0.246 e.